The number of likely N-dealkylation sites (N-methyl/N-ethyl adjacent to an activating group) is 2. The number of nitrogens with zero attached hydrogens (tertiary/aromatic N) is 3. The van der Waals surface area contributed by atoms with E-state index in [1.807, 2.05) is 37.3 Å². The number of likely N-dealkylation sites (tertiary alicyclic amines) is 1. The van der Waals surface area contributed by atoms with Crippen LogP contribution in [-0.2, 0) is 54.4 Å². The average Bonchev–Trinajstić information content (AvgIpc) is 3.86. The average molecular weight is 1060 g/mol. The third kappa shape index (κ3) is 22.7. The number of amides is 10. The fourth-order valence-electron chi connectivity index (χ4n) is 8.26. The first-order valence-corrected chi connectivity index (χ1v) is 26.1. The summed E-state index contributed by atoms with van der Waals surface area (Å²) in [6, 6.07) is 0.754. The second-order valence-corrected chi connectivity index (χ2v) is 19.5. The molecule has 0 radical (unpaired) electrons. The quantitative estimate of drug-likeness (QED) is 0.0225. The second-order valence-electron chi connectivity index (χ2n) is 19.5. The van der Waals surface area contributed by atoms with Crippen LogP contribution in [0, 0.1) is 11.8 Å². The molecule has 0 unspecified atom stereocenters. The van der Waals surface area contributed by atoms with Crippen LogP contribution < -0.4 is 54.0 Å². The molecule has 1 fully saturated rings. The lowest BCUT2D eigenvalue weighted by atomic mass is 9.96. The lowest BCUT2D eigenvalue weighted by molar-refractivity contribution is -0.142. The van der Waals surface area contributed by atoms with Crippen molar-refractivity contribution in [2.24, 2.45) is 28.3 Å². The largest absolute Gasteiger partial charge is 0.391 e. The topological polar surface area (TPSA) is 358 Å². The van der Waals surface area contributed by atoms with Crippen LogP contribution in [0.2, 0.25) is 0 Å². The van der Waals surface area contributed by atoms with Crippen LogP contribution in [0.15, 0.2) is 35.3 Å². The van der Waals surface area contributed by atoms with E-state index in [1.165, 1.54) is 25.8 Å². The summed E-state index contributed by atoms with van der Waals surface area (Å²) in [5.41, 5.74) is 11.9. The van der Waals surface area contributed by atoms with Crippen LogP contribution in [0.3, 0.4) is 0 Å². The minimum absolute atomic E-state index is 0.0697. The molecule has 24 heteroatoms. The van der Waals surface area contributed by atoms with Crippen LogP contribution in [0.1, 0.15) is 119 Å². The molecule has 0 spiro atoms. The molecule has 24 nitrogen and oxygen atoms in total. The van der Waals surface area contributed by atoms with E-state index in [0.29, 0.717) is 51.6 Å². The molecule has 0 aliphatic carbocycles. The Hall–Kier alpha value is -6.85. The molecular weight excluding hydrogens is 971 g/mol. The van der Waals surface area contributed by atoms with Crippen molar-refractivity contribution in [2.75, 3.05) is 39.8 Å². The molecule has 1 saturated heterocycles. The van der Waals surface area contributed by atoms with E-state index < -0.39 is 108 Å². The first kappa shape index (κ1) is 64.3. The number of carbonyl (C=O) groups excluding carboxylic acids is 10. The van der Waals surface area contributed by atoms with Crippen molar-refractivity contribution in [2.45, 2.75) is 168 Å². The zero-order valence-electron chi connectivity index (χ0n) is 45.3. The number of aliphatic imine (C=N–C) groups is 1. The lowest BCUT2D eigenvalue weighted by Gasteiger charge is -2.31. The second kappa shape index (κ2) is 33.1. The molecule has 1 aliphatic rings. The molecule has 0 aromatic heterocycles. The molecule has 0 saturated carbocycles. The Morgan fingerprint density at radius 2 is 1.32 bits per heavy atom. The van der Waals surface area contributed by atoms with Gasteiger partial charge < -0.3 is 68.9 Å². The number of nitrogens with one attached hydrogen (secondary N) is 8. The van der Waals surface area contributed by atoms with Gasteiger partial charge in [-0.2, -0.15) is 0 Å². The maximum Gasteiger partial charge on any atom is 0.245 e. The molecule has 420 valence electrons. The maximum absolute atomic E-state index is 14.2. The maximum atomic E-state index is 14.2. The third-order valence-corrected chi connectivity index (χ3v) is 12.7. The van der Waals surface area contributed by atoms with Crippen molar-refractivity contribution in [3.05, 3.63) is 35.9 Å². The minimum atomic E-state index is -1.64. The summed E-state index contributed by atoms with van der Waals surface area (Å²) in [5, 5.41) is 32.2. The Morgan fingerprint density at radius 1 is 0.733 bits per heavy atom. The Balaban J connectivity index is 2.33. The number of aryl methyl sites for hydroxylation is 1. The highest BCUT2D eigenvalue weighted by atomic mass is 16.3. The number of aliphatic hydroxyl groups excluding tert-OH is 1. The molecular formula is C51H85N13O11. The van der Waals surface area contributed by atoms with Crippen molar-refractivity contribution in [1.29, 1.82) is 0 Å². The molecule has 10 amide bonds. The number of hydrogen-bond acceptors (Lipinski definition) is 12. The van der Waals surface area contributed by atoms with E-state index in [9.17, 15) is 53.1 Å². The highest BCUT2D eigenvalue weighted by Gasteiger charge is 2.40. The van der Waals surface area contributed by atoms with Crippen LogP contribution >= 0.6 is 0 Å². The van der Waals surface area contributed by atoms with Crippen LogP contribution in [0.5, 0.6) is 0 Å². The fourth-order valence-corrected chi connectivity index (χ4v) is 8.26. The minimum Gasteiger partial charge on any atom is -0.391 e. The Bertz CT molecular complexity index is 2100. The number of aliphatic hydroxyl groups is 1. The van der Waals surface area contributed by atoms with Gasteiger partial charge in [-0.25, -0.2) is 0 Å². The van der Waals surface area contributed by atoms with Gasteiger partial charge in [-0.15, -0.1) is 0 Å². The van der Waals surface area contributed by atoms with Gasteiger partial charge in [-0.3, -0.25) is 52.9 Å². The van der Waals surface area contributed by atoms with E-state index in [-0.39, 0.29) is 62.5 Å². The Morgan fingerprint density at radius 3 is 1.91 bits per heavy atom. The highest BCUT2D eigenvalue weighted by Crippen LogP contribution is 2.21. The summed E-state index contributed by atoms with van der Waals surface area (Å²) in [5.74, 6) is -7.18. The first-order chi connectivity index (χ1) is 35.4. The van der Waals surface area contributed by atoms with Gasteiger partial charge in [0, 0.05) is 33.6 Å². The van der Waals surface area contributed by atoms with Gasteiger partial charge in [0.25, 0.3) is 0 Å². The molecule has 75 heavy (non-hydrogen) atoms. The zero-order chi connectivity index (χ0) is 56.4. The van der Waals surface area contributed by atoms with Crippen molar-refractivity contribution in [1.82, 2.24) is 52.3 Å². The number of guanidine groups is 1. The van der Waals surface area contributed by atoms with E-state index in [4.69, 9.17) is 11.5 Å². The van der Waals surface area contributed by atoms with Gasteiger partial charge in [-0.05, 0) is 82.6 Å². The number of carbonyl (C=O) groups is 10. The van der Waals surface area contributed by atoms with Gasteiger partial charge in [0.15, 0.2) is 5.96 Å². The van der Waals surface area contributed by atoms with Crippen LogP contribution in [-0.4, -0.2) is 168 Å². The molecule has 1 aromatic carbocycles. The highest BCUT2D eigenvalue weighted by molar-refractivity contribution is 5.98. The number of hydrogen-bond donors (Lipinski definition) is 11. The number of rotatable bonds is 32. The van der Waals surface area contributed by atoms with Crippen LogP contribution in [0.4, 0.5) is 0 Å². The molecule has 1 heterocycles. The fraction of sp³-hybridized carbons (Fsp3) is 0.667. The van der Waals surface area contributed by atoms with Crippen molar-refractivity contribution in [3.8, 4) is 0 Å². The van der Waals surface area contributed by atoms with Gasteiger partial charge in [0.05, 0.1) is 19.2 Å². The van der Waals surface area contributed by atoms with E-state index in [1.54, 1.807) is 34.6 Å². The van der Waals surface area contributed by atoms with E-state index in [2.05, 4.69) is 47.5 Å². The summed E-state index contributed by atoms with van der Waals surface area (Å²) in [6.07, 6.45) is 1.31. The zero-order valence-corrected chi connectivity index (χ0v) is 45.3. The van der Waals surface area contributed by atoms with E-state index in [0.717, 1.165) is 10.5 Å². The van der Waals surface area contributed by atoms with Crippen LogP contribution in [0.25, 0.3) is 0 Å². The summed E-state index contributed by atoms with van der Waals surface area (Å²) in [7, 11) is 1.43. The molecule has 13 N–H and O–H groups in total. The Kier molecular flexibility index (Phi) is 28.4. The monoisotopic (exact) mass is 1060 g/mol. The van der Waals surface area contributed by atoms with Gasteiger partial charge >= 0.3 is 0 Å². The molecule has 1 aliphatic heterocycles. The molecule has 2 rings (SSSR count). The predicted molar refractivity (Wildman–Crippen MR) is 281 cm³/mol. The lowest BCUT2D eigenvalue weighted by Crippen LogP contribution is -2.62. The number of benzene rings is 1. The summed E-state index contributed by atoms with van der Waals surface area (Å²) in [6.45, 7) is 13.3. The normalized spacial score (nSPS) is 16.3. The Labute approximate surface area is 441 Å². The van der Waals surface area contributed by atoms with E-state index >= 15 is 0 Å². The summed E-state index contributed by atoms with van der Waals surface area (Å²) >= 11 is 0. The number of nitrogens with two attached hydrogens (primary N) is 2. The molecule has 1 aromatic rings. The first-order valence-electron chi connectivity index (χ1n) is 26.1. The SMILES string of the molecule is CCC[C@H](NC(=O)[C@@H](NC(=O)[C@@H](CC(C)C)NC(=O)[C@H](CCc1ccccc1)NC(=O)CNC(=O)CN(C)C(C)=O)[C@@H](C)O)C(=O)N[C@H](C(=O)N[C@@H](CCCN=C(N)N)C(=O)N1CCC[C@H]1C(=O)NCC)[C@@H](C)CC. The van der Waals surface area contributed by atoms with Crippen molar-refractivity contribution >= 4 is 65.0 Å². The van der Waals surface area contributed by atoms with Crippen molar-refractivity contribution < 1.29 is 53.1 Å². The third-order valence-electron chi connectivity index (χ3n) is 12.7. The predicted octanol–water partition coefficient (Wildman–Crippen LogP) is -1.42. The molecule has 9 atom stereocenters. The summed E-state index contributed by atoms with van der Waals surface area (Å²) < 4.78 is 0. The van der Waals surface area contributed by atoms with Gasteiger partial charge in [-0.1, -0.05) is 77.8 Å². The van der Waals surface area contributed by atoms with Gasteiger partial charge in [0.1, 0.15) is 42.3 Å². The molecule has 0 bridgehead atoms. The van der Waals surface area contributed by atoms with Crippen molar-refractivity contribution in [3.63, 3.8) is 0 Å². The summed E-state index contributed by atoms with van der Waals surface area (Å²) in [4.78, 5) is 141. The standard InChI is InChI=1S/C51H85N13O11/c1-10-18-35(45(70)61-42(31(6)11-2)48(73)59-37(21-16-25-55-51(52)53)50(75)64-26-17-22-39(64)47(72)54-12-3)58-49(74)43(32(7)65)62-46(71)38(27-30(4)5)60-44(69)36(24-23-34-19-14-13-15-20-34)57-40(67)28-56-41(68)29-63(9)33(8)66/h13-15,19-20,30-32,35-39,42-43,65H,10-12,16-18,21-29H2,1-9H3,(H,54,72)(H,56,68)(H,57,67)(H,58,74)(H,59,73)(H,60,69)(H,61,70)(H,62,71)(H4,52,53,55)/t31-,32+,35-,36-,37-,38+,39-,42-,43-/m0/s1. The smallest absolute Gasteiger partial charge is 0.245 e. The van der Waals surface area contributed by atoms with Gasteiger partial charge in [0.2, 0.25) is 59.1 Å².